The molecule has 19 heavy (non-hydrogen) atoms. The van der Waals surface area contributed by atoms with E-state index in [9.17, 15) is 8.42 Å². The zero-order valence-corrected chi connectivity index (χ0v) is 11.3. The SMILES string of the molecule is Cc1c(N)cccc1S(=O)(=O)NC(CO)(CO)CO. The summed E-state index contributed by atoms with van der Waals surface area (Å²) in [5, 5.41) is 27.4. The van der Waals surface area contributed by atoms with Crippen LogP contribution in [-0.2, 0) is 10.0 Å². The van der Waals surface area contributed by atoms with E-state index in [4.69, 9.17) is 21.1 Å². The molecule has 0 aliphatic carbocycles. The van der Waals surface area contributed by atoms with E-state index < -0.39 is 35.4 Å². The minimum absolute atomic E-state index is 0.0628. The van der Waals surface area contributed by atoms with Gasteiger partial charge in [0, 0.05) is 5.69 Å². The highest BCUT2D eigenvalue weighted by Gasteiger charge is 2.34. The van der Waals surface area contributed by atoms with E-state index in [1.54, 1.807) is 13.0 Å². The first-order valence-corrected chi connectivity index (χ1v) is 7.02. The molecule has 0 heterocycles. The number of rotatable bonds is 6. The molecular formula is C11H18N2O5S. The van der Waals surface area contributed by atoms with Gasteiger partial charge in [0.15, 0.2) is 0 Å². The minimum Gasteiger partial charge on any atom is -0.398 e. The summed E-state index contributed by atoms with van der Waals surface area (Å²) < 4.78 is 26.5. The molecule has 0 spiro atoms. The van der Waals surface area contributed by atoms with Crippen LogP contribution in [0.4, 0.5) is 5.69 Å². The lowest BCUT2D eigenvalue weighted by Gasteiger charge is -2.28. The van der Waals surface area contributed by atoms with Crippen molar-refractivity contribution in [2.24, 2.45) is 0 Å². The molecule has 0 radical (unpaired) electrons. The minimum atomic E-state index is -4.02. The Morgan fingerprint density at radius 1 is 1.21 bits per heavy atom. The summed E-state index contributed by atoms with van der Waals surface area (Å²) in [6.07, 6.45) is 0. The summed E-state index contributed by atoms with van der Waals surface area (Å²) in [5.41, 5.74) is 4.60. The van der Waals surface area contributed by atoms with Gasteiger partial charge < -0.3 is 21.1 Å². The van der Waals surface area contributed by atoms with Crippen LogP contribution in [0.2, 0.25) is 0 Å². The lowest BCUT2D eigenvalue weighted by Crippen LogP contribution is -2.56. The standard InChI is InChI=1S/C11H18N2O5S/c1-8-9(12)3-2-4-10(8)19(17,18)13-11(5-14,6-15)7-16/h2-4,13-16H,5-7,12H2,1H3. The molecule has 108 valence electrons. The van der Waals surface area contributed by atoms with Crippen LogP contribution in [0, 0.1) is 6.92 Å². The molecule has 0 aromatic heterocycles. The number of sulfonamides is 1. The number of nitrogens with two attached hydrogens (primary N) is 1. The molecule has 0 aliphatic rings. The molecule has 0 saturated heterocycles. The van der Waals surface area contributed by atoms with Crippen molar-refractivity contribution < 1.29 is 23.7 Å². The number of anilines is 1. The molecule has 1 aromatic carbocycles. The molecule has 8 heteroatoms. The Morgan fingerprint density at radius 2 is 1.74 bits per heavy atom. The largest absolute Gasteiger partial charge is 0.398 e. The highest BCUT2D eigenvalue weighted by Crippen LogP contribution is 2.21. The second-order valence-corrected chi connectivity index (χ2v) is 5.98. The predicted octanol–water partition coefficient (Wildman–Crippen LogP) is -1.43. The fourth-order valence-corrected chi connectivity index (χ4v) is 3.16. The molecule has 0 fully saturated rings. The van der Waals surface area contributed by atoms with Crippen molar-refractivity contribution in [1.82, 2.24) is 4.72 Å². The van der Waals surface area contributed by atoms with E-state index >= 15 is 0 Å². The zero-order chi connectivity index (χ0) is 14.7. The van der Waals surface area contributed by atoms with Crippen molar-refractivity contribution in [3.63, 3.8) is 0 Å². The fourth-order valence-electron chi connectivity index (χ4n) is 1.51. The number of nitrogens with one attached hydrogen (secondary N) is 1. The maximum atomic E-state index is 12.2. The van der Waals surface area contributed by atoms with Crippen molar-refractivity contribution in [3.05, 3.63) is 23.8 Å². The van der Waals surface area contributed by atoms with Gasteiger partial charge in [-0.05, 0) is 24.6 Å². The fraction of sp³-hybridized carbons (Fsp3) is 0.455. The lowest BCUT2D eigenvalue weighted by molar-refractivity contribution is 0.0582. The Hall–Kier alpha value is -1.19. The van der Waals surface area contributed by atoms with Gasteiger partial charge in [0.05, 0.1) is 24.7 Å². The average molecular weight is 290 g/mol. The third kappa shape index (κ3) is 3.23. The lowest BCUT2D eigenvalue weighted by atomic mass is 10.1. The van der Waals surface area contributed by atoms with Crippen molar-refractivity contribution in [2.75, 3.05) is 25.6 Å². The van der Waals surface area contributed by atoms with Crippen molar-refractivity contribution >= 4 is 15.7 Å². The van der Waals surface area contributed by atoms with Gasteiger partial charge in [-0.3, -0.25) is 0 Å². The summed E-state index contributed by atoms with van der Waals surface area (Å²) in [7, 11) is -4.02. The van der Waals surface area contributed by atoms with Crippen molar-refractivity contribution in [2.45, 2.75) is 17.4 Å². The van der Waals surface area contributed by atoms with Gasteiger partial charge in [0.1, 0.15) is 5.54 Å². The summed E-state index contributed by atoms with van der Waals surface area (Å²) in [6.45, 7) is -0.663. The van der Waals surface area contributed by atoms with Gasteiger partial charge >= 0.3 is 0 Å². The van der Waals surface area contributed by atoms with Crippen LogP contribution < -0.4 is 10.5 Å². The number of nitrogen functional groups attached to an aromatic ring is 1. The van der Waals surface area contributed by atoms with E-state index in [0.717, 1.165) is 0 Å². The summed E-state index contributed by atoms with van der Waals surface area (Å²) >= 11 is 0. The van der Waals surface area contributed by atoms with Crippen LogP contribution in [0.3, 0.4) is 0 Å². The second-order valence-electron chi connectivity index (χ2n) is 4.33. The number of hydrogen-bond donors (Lipinski definition) is 5. The van der Waals surface area contributed by atoms with Gasteiger partial charge in [-0.1, -0.05) is 6.07 Å². The predicted molar refractivity (Wildman–Crippen MR) is 69.9 cm³/mol. The van der Waals surface area contributed by atoms with Crippen LogP contribution in [0.5, 0.6) is 0 Å². The van der Waals surface area contributed by atoms with Crippen LogP contribution in [-0.4, -0.2) is 49.1 Å². The van der Waals surface area contributed by atoms with Crippen LogP contribution in [0.1, 0.15) is 5.56 Å². The number of benzene rings is 1. The Bertz CT molecular complexity index is 532. The summed E-state index contributed by atoms with van der Waals surface area (Å²) in [5.74, 6) is 0. The van der Waals surface area contributed by atoms with E-state index in [0.29, 0.717) is 11.3 Å². The monoisotopic (exact) mass is 290 g/mol. The molecule has 1 rings (SSSR count). The third-order valence-corrected chi connectivity index (χ3v) is 4.60. The Balaban J connectivity index is 3.22. The first kappa shape index (κ1) is 15.9. The van der Waals surface area contributed by atoms with Gasteiger partial charge in [0.25, 0.3) is 0 Å². The number of aliphatic hydroxyl groups excluding tert-OH is 3. The molecule has 0 saturated carbocycles. The summed E-state index contributed by atoms with van der Waals surface area (Å²) in [6, 6.07) is 4.39. The van der Waals surface area contributed by atoms with Gasteiger partial charge in [-0.2, -0.15) is 4.72 Å². The molecule has 0 amide bonds. The first-order valence-electron chi connectivity index (χ1n) is 5.53. The molecule has 0 bridgehead atoms. The number of hydrogen-bond acceptors (Lipinski definition) is 6. The molecule has 6 N–H and O–H groups in total. The van der Waals surface area contributed by atoms with Gasteiger partial charge in [0.2, 0.25) is 10.0 Å². The molecule has 0 atom stereocenters. The highest BCUT2D eigenvalue weighted by atomic mass is 32.2. The normalized spacial score (nSPS) is 12.6. The molecule has 0 unspecified atom stereocenters. The Kier molecular flexibility index (Phi) is 4.88. The van der Waals surface area contributed by atoms with Crippen molar-refractivity contribution in [1.29, 1.82) is 0 Å². The van der Waals surface area contributed by atoms with Crippen LogP contribution in [0.15, 0.2) is 23.1 Å². The van der Waals surface area contributed by atoms with Gasteiger partial charge in [-0.25, -0.2) is 8.42 Å². The van der Waals surface area contributed by atoms with E-state index in [-0.39, 0.29) is 4.90 Å². The van der Waals surface area contributed by atoms with Gasteiger partial charge in [-0.15, -0.1) is 0 Å². The molecule has 7 nitrogen and oxygen atoms in total. The Labute approximate surface area is 111 Å². The van der Waals surface area contributed by atoms with Crippen molar-refractivity contribution in [3.8, 4) is 0 Å². The maximum absolute atomic E-state index is 12.2. The molecule has 1 aromatic rings. The van der Waals surface area contributed by atoms with Crippen LogP contribution in [0.25, 0.3) is 0 Å². The smallest absolute Gasteiger partial charge is 0.241 e. The van der Waals surface area contributed by atoms with E-state index in [2.05, 4.69) is 4.72 Å². The first-order chi connectivity index (χ1) is 8.82. The maximum Gasteiger partial charge on any atom is 0.241 e. The third-order valence-electron chi connectivity index (χ3n) is 2.87. The van der Waals surface area contributed by atoms with E-state index in [1.165, 1.54) is 12.1 Å². The second kappa shape index (κ2) is 5.85. The highest BCUT2D eigenvalue weighted by molar-refractivity contribution is 7.89. The van der Waals surface area contributed by atoms with E-state index in [1.807, 2.05) is 0 Å². The average Bonchev–Trinajstić information content (AvgIpc) is 2.39. The molecule has 0 aliphatic heterocycles. The quantitative estimate of drug-likeness (QED) is 0.408. The van der Waals surface area contributed by atoms with Crippen LogP contribution >= 0.6 is 0 Å². The zero-order valence-electron chi connectivity index (χ0n) is 10.5. The molecular weight excluding hydrogens is 272 g/mol. The summed E-state index contributed by atoms with van der Waals surface area (Å²) in [4.78, 5) is -0.0628. The Morgan fingerprint density at radius 3 is 2.21 bits per heavy atom. The topological polar surface area (TPSA) is 133 Å². The number of aliphatic hydroxyl groups is 3.